The van der Waals surface area contributed by atoms with Gasteiger partial charge in [0.2, 0.25) is 0 Å². The molecule has 19 heavy (non-hydrogen) atoms. The van der Waals surface area contributed by atoms with Gasteiger partial charge >= 0.3 is 0 Å². The van der Waals surface area contributed by atoms with E-state index in [1.54, 1.807) is 0 Å². The Bertz CT molecular complexity index is 296. The molecule has 3 atom stereocenters. The molecule has 0 saturated carbocycles. The molecule has 0 spiro atoms. The Morgan fingerprint density at radius 2 is 2.16 bits per heavy atom. The maximum Gasteiger partial charge on any atom is 0.164 e. The third-order valence-electron chi connectivity index (χ3n) is 3.24. The summed E-state index contributed by atoms with van der Waals surface area (Å²) in [5.41, 5.74) is 0. The van der Waals surface area contributed by atoms with E-state index in [2.05, 4.69) is 0 Å². The van der Waals surface area contributed by atoms with E-state index < -0.39 is 5.79 Å². The second-order valence-corrected chi connectivity index (χ2v) is 5.38. The highest BCUT2D eigenvalue weighted by molar-refractivity contribution is 4.98. The molecule has 2 heterocycles. The molecule has 0 radical (unpaired) electrons. The topological polar surface area (TPSA) is 57.2 Å². The summed E-state index contributed by atoms with van der Waals surface area (Å²) in [6, 6.07) is 0. The summed E-state index contributed by atoms with van der Waals surface area (Å²) in [6.07, 6.45) is 6.42. The number of ether oxygens (including phenoxy) is 4. The van der Waals surface area contributed by atoms with Crippen molar-refractivity contribution in [2.45, 2.75) is 57.4 Å². The van der Waals surface area contributed by atoms with Crippen LogP contribution >= 0.6 is 0 Å². The molecule has 0 bridgehead atoms. The molecule has 5 nitrogen and oxygen atoms in total. The maximum atomic E-state index is 9.24. The van der Waals surface area contributed by atoms with Crippen LogP contribution in [0, 0.1) is 0 Å². The monoisotopic (exact) mass is 272 g/mol. The van der Waals surface area contributed by atoms with Crippen LogP contribution in [0.4, 0.5) is 0 Å². The lowest BCUT2D eigenvalue weighted by Gasteiger charge is -2.22. The molecule has 2 saturated heterocycles. The highest BCUT2D eigenvalue weighted by Crippen LogP contribution is 2.28. The van der Waals surface area contributed by atoms with E-state index in [1.807, 2.05) is 26.0 Å². The number of rotatable bonds is 5. The van der Waals surface area contributed by atoms with Crippen LogP contribution in [0.5, 0.6) is 0 Å². The number of aliphatic hydroxyl groups is 1. The van der Waals surface area contributed by atoms with Crippen LogP contribution in [-0.2, 0) is 18.9 Å². The molecule has 5 heteroatoms. The molecule has 1 N–H and O–H groups in total. The van der Waals surface area contributed by atoms with Crippen LogP contribution < -0.4 is 0 Å². The molecule has 2 aliphatic heterocycles. The van der Waals surface area contributed by atoms with Gasteiger partial charge in [-0.1, -0.05) is 12.2 Å². The Labute approximate surface area is 114 Å². The van der Waals surface area contributed by atoms with Crippen LogP contribution in [-0.4, -0.2) is 49.2 Å². The van der Waals surface area contributed by atoms with Crippen molar-refractivity contribution in [3.8, 4) is 0 Å². The Morgan fingerprint density at radius 3 is 2.84 bits per heavy atom. The third-order valence-corrected chi connectivity index (χ3v) is 3.24. The summed E-state index contributed by atoms with van der Waals surface area (Å²) in [5.74, 6) is -0.643. The minimum atomic E-state index is -0.643. The number of aliphatic hydroxyl groups excluding tert-OH is 1. The van der Waals surface area contributed by atoms with Gasteiger partial charge in [0, 0.05) is 6.61 Å². The first-order valence-electron chi connectivity index (χ1n) is 6.97. The molecule has 0 aromatic carbocycles. The minimum Gasteiger partial charge on any atom is -0.394 e. The van der Waals surface area contributed by atoms with Gasteiger partial charge in [-0.15, -0.1) is 0 Å². The molecule has 0 aromatic heterocycles. The normalized spacial score (nSPS) is 35.0. The van der Waals surface area contributed by atoms with Gasteiger partial charge in [0.25, 0.3) is 0 Å². The Morgan fingerprint density at radius 1 is 1.32 bits per heavy atom. The third kappa shape index (κ3) is 4.54. The van der Waals surface area contributed by atoms with Crippen molar-refractivity contribution in [3.05, 3.63) is 12.2 Å². The predicted molar refractivity (Wildman–Crippen MR) is 69.6 cm³/mol. The molecular formula is C14H24O5. The van der Waals surface area contributed by atoms with E-state index in [9.17, 15) is 5.11 Å². The summed E-state index contributed by atoms with van der Waals surface area (Å²) in [6.45, 7) is 4.91. The van der Waals surface area contributed by atoms with Gasteiger partial charge < -0.3 is 24.1 Å². The average Bonchev–Trinajstić information content (AvgIpc) is 2.70. The van der Waals surface area contributed by atoms with Gasteiger partial charge in [-0.3, -0.25) is 0 Å². The molecule has 1 unspecified atom stereocenters. The zero-order valence-electron chi connectivity index (χ0n) is 11.7. The van der Waals surface area contributed by atoms with Crippen molar-refractivity contribution in [3.63, 3.8) is 0 Å². The van der Waals surface area contributed by atoms with Gasteiger partial charge in [-0.2, -0.15) is 0 Å². The fourth-order valence-electron chi connectivity index (χ4n) is 2.36. The Kier molecular flexibility index (Phi) is 5.36. The molecule has 2 rings (SSSR count). The maximum absolute atomic E-state index is 9.24. The zero-order valence-corrected chi connectivity index (χ0v) is 11.7. The fraction of sp³-hybridized carbons (Fsp3) is 0.857. The van der Waals surface area contributed by atoms with Crippen LogP contribution in [0.2, 0.25) is 0 Å². The highest BCUT2D eigenvalue weighted by Gasteiger charge is 2.39. The van der Waals surface area contributed by atoms with Gasteiger partial charge in [0.05, 0.1) is 13.2 Å². The van der Waals surface area contributed by atoms with E-state index in [0.717, 1.165) is 25.9 Å². The second kappa shape index (κ2) is 6.81. The van der Waals surface area contributed by atoms with E-state index >= 15 is 0 Å². The molecule has 0 aromatic rings. The first kappa shape index (κ1) is 14.9. The lowest BCUT2D eigenvalue weighted by atomic mass is 10.2. The molecule has 2 fully saturated rings. The van der Waals surface area contributed by atoms with Crippen molar-refractivity contribution in [1.82, 2.24) is 0 Å². The fourth-order valence-corrected chi connectivity index (χ4v) is 2.36. The standard InChI is InChI=1S/C14H24O5/c1-14(2)18-11(12(10-15)19-14)6-5-9-17-13-7-3-4-8-16-13/h5-6,11-13,15H,3-4,7-10H2,1-2H3/b6-5+/t11-,12+,13?/m1/s1. The van der Waals surface area contributed by atoms with Crippen molar-refractivity contribution in [2.75, 3.05) is 19.8 Å². The van der Waals surface area contributed by atoms with Crippen molar-refractivity contribution in [1.29, 1.82) is 0 Å². The van der Waals surface area contributed by atoms with Crippen LogP contribution in [0.1, 0.15) is 33.1 Å². The molecule has 0 aliphatic carbocycles. The summed E-state index contributed by atoms with van der Waals surface area (Å²) in [5, 5.41) is 9.24. The van der Waals surface area contributed by atoms with Gasteiger partial charge in [-0.05, 0) is 33.1 Å². The molecule has 2 aliphatic rings. The minimum absolute atomic E-state index is 0.0506. The SMILES string of the molecule is CC1(C)O[C@@H](CO)[C@@H](/C=C/COC2CCCCO2)O1. The lowest BCUT2D eigenvalue weighted by molar-refractivity contribution is -0.155. The Balaban J connectivity index is 1.72. The summed E-state index contributed by atoms with van der Waals surface area (Å²) < 4.78 is 22.3. The van der Waals surface area contributed by atoms with Crippen LogP contribution in [0.15, 0.2) is 12.2 Å². The lowest BCUT2D eigenvalue weighted by Crippen LogP contribution is -2.25. The smallest absolute Gasteiger partial charge is 0.164 e. The van der Waals surface area contributed by atoms with E-state index in [0.29, 0.717) is 6.61 Å². The number of hydrogen-bond donors (Lipinski definition) is 1. The summed E-state index contributed by atoms with van der Waals surface area (Å²) in [7, 11) is 0. The van der Waals surface area contributed by atoms with Gasteiger partial charge in [0.1, 0.15) is 12.2 Å². The predicted octanol–water partition coefficient (Wildman–Crippen LogP) is 1.60. The van der Waals surface area contributed by atoms with Gasteiger partial charge in [-0.25, -0.2) is 0 Å². The summed E-state index contributed by atoms with van der Waals surface area (Å²) >= 11 is 0. The van der Waals surface area contributed by atoms with E-state index in [-0.39, 0.29) is 25.1 Å². The largest absolute Gasteiger partial charge is 0.394 e. The number of hydrogen-bond acceptors (Lipinski definition) is 5. The molecular weight excluding hydrogens is 248 g/mol. The van der Waals surface area contributed by atoms with Gasteiger partial charge in [0.15, 0.2) is 12.1 Å². The van der Waals surface area contributed by atoms with Crippen LogP contribution in [0.25, 0.3) is 0 Å². The highest BCUT2D eigenvalue weighted by atomic mass is 16.8. The first-order valence-corrected chi connectivity index (χ1v) is 6.97. The summed E-state index contributed by atoms with van der Waals surface area (Å²) in [4.78, 5) is 0. The van der Waals surface area contributed by atoms with Crippen molar-refractivity contribution < 1.29 is 24.1 Å². The quantitative estimate of drug-likeness (QED) is 0.770. The van der Waals surface area contributed by atoms with Crippen LogP contribution in [0.3, 0.4) is 0 Å². The second-order valence-electron chi connectivity index (χ2n) is 5.38. The first-order chi connectivity index (χ1) is 9.11. The van der Waals surface area contributed by atoms with Crippen molar-refractivity contribution >= 4 is 0 Å². The van der Waals surface area contributed by atoms with E-state index in [1.165, 1.54) is 0 Å². The zero-order chi connectivity index (χ0) is 13.7. The van der Waals surface area contributed by atoms with E-state index in [4.69, 9.17) is 18.9 Å². The average molecular weight is 272 g/mol. The molecule has 0 amide bonds. The molecule has 110 valence electrons. The Hall–Kier alpha value is -0.460. The van der Waals surface area contributed by atoms with Crippen molar-refractivity contribution in [2.24, 2.45) is 0 Å².